The van der Waals surface area contributed by atoms with Gasteiger partial charge in [-0.3, -0.25) is 4.68 Å². The van der Waals surface area contributed by atoms with Crippen LogP contribution in [0.3, 0.4) is 0 Å². The Kier molecular flexibility index (Phi) is 2.30. The molecule has 1 aliphatic heterocycles. The van der Waals surface area contributed by atoms with Gasteiger partial charge in [0.15, 0.2) is 0 Å². The average molecular weight is 250 g/mol. The molecule has 0 saturated heterocycles. The van der Waals surface area contributed by atoms with E-state index in [1.54, 1.807) is 0 Å². The summed E-state index contributed by atoms with van der Waals surface area (Å²) >= 11 is 0. The maximum atomic E-state index is 5.92. The number of aromatic nitrogens is 2. The Morgan fingerprint density at radius 3 is 2.79 bits per heavy atom. The normalized spacial score (nSPS) is 14.1. The van der Waals surface area contributed by atoms with Gasteiger partial charge >= 0.3 is 0 Å². The van der Waals surface area contributed by atoms with Gasteiger partial charge in [-0.1, -0.05) is 24.3 Å². The molecule has 0 bridgehead atoms. The second-order valence-electron chi connectivity index (χ2n) is 4.84. The smallest absolute Gasteiger partial charge is 0.129 e. The first-order valence-corrected chi connectivity index (χ1v) is 6.59. The third-order valence-corrected chi connectivity index (χ3v) is 3.61. The molecule has 0 fully saturated rings. The first-order chi connectivity index (χ1) is 9.42. The Labute approximate surface area is 111 Å². The predicted molar refractivity (Wildman–Crippen MR) is 75.3 cm³/mol. The monoisotopic (exact) mass is 250 g/mol. The van der Waals surface area contributed by atoms with E-state index in [9.17, 15) is 0 Å². The number of rotatable bonds is 0. The Hall–Kier alpha value is -2.29. The van der Waals surface area contributed by atoms with Crippen molar-refractivity contribution >= 4 is 10.8 Å². The molecule has 1 aromatic heterocycles. The Bertz CT molecular complexity index is 745. The van der Waals surface area contributed by atoms with Gasteiger partial charge in [0.25, 0.3) is 0 Å². The first kappa shape index (κ1) is 10.6. The highest BCUT2D eigenvalue weighted by molar-refractivity contribution is 5.90. The lowest BCUT2D eigenvalue weighted by atomic mass is 10.0. The number of hydrogen-bond acceptors (Lipinski definition) is 2. The summed E-state index contributed by atoms with van der Waals surface area (Å²) in [6.07, 6.45) is 2.85. The topological polar surface area (TPSA) is 27.1 Å². The van der Waals surface area contributed by atoms with E-state index < -0.39 is 0 Å². The Morgan fingerprint density at radius 1 is 1.05 bits per heavy atom. The van der Waals surface area contributed by atoms with Crippen LogP contribution >= 0.6 is 0 Å². The number of ether oxygens (including phenoxy) is 1. The van der Waals surface area contributed by atoms with Gasteiger partial charge in [0.2, 0.25) is 0 Å². The molecule has 1 aliphatic rings. The molecule has 0 N–H and O–H groups in total. The van der Waals surface area contributed by atoms with Crippen LogP contribution < -0.4 is 4.74 Å². The van der Waals surface area contributed by atoms with Gasteiger partial charge in [0, 0.05) is 24.7 Å². The van der Waals surface area contributed by atoms with Gasteiger partial charge < -0.3 is 4.74 Å². The van der Waals surface area contributed by atoms with Crippen LogP contribution in [0, 0.1) is 0 Å². The zero-order valence-corrected chi connectivity index (χ0v) is 10.5. The standard InChI is InChI=1S/C16H14N2O/c1-2-5-13-11-16-14(10-12(13)4-1)15-6-7-17-18(15)8-3-9-19-16/h1-2,4-7,10-11H,3,8-9H2. The van der Waals surface area contributed by atoms with E-state index in [1.165, 1.54) is 10.8 Å². The van der Waals surface area contributed by atoms with E-state index >= 15 is 0 Å². The predicted octanol–water partition coefficient (Wildman–Crippen LogP) is 3.49. The molecule has 94 valence electrons. The van der Waals surface area contributed by atoms with E-state index in [-0.39, 0.29) is 0 Å². The molecule has 0 radical (unpaired) electrons. The molecule has 0 amide bonds. The summed E-state index contributed by atoms with van der Waals surface area (Å²) < 4.78 is 7.99. The van der Waals surface area contributed by atoms with E-state index in [0.29, 0.717) is 0 Å². The molecule has 0 aliphatic carbocycles. The van der Waals surface area contributed by atoms with Crippen LogP contribution in [0.1, 0.15) is 6.42 Å². The molecule has 4 rings (SSSR count). The zero-order chi connectivity index (χ0) is 12.7. The zero-order valence-electron chi connectivity index (χ0n) is 10.5. The number of nitrogens with zero attached hydrogens (tertiary/aromatic N) is 2. The average Bonchev–Trinajstić information content (AvgIpc) is 2.88. The number of benzene rings is 2. The minimum atomic E-state index is 0.741. The lowest BCUT2D eigenvalue weighted by molar-refractivity contribution is 0.295. The maximum absolute atomic E-state index is 5.92. The van der Waals surface area contributed by atoms with E-state index in [4.69, 9.17) is 4.74 Å². The fraction of sp³-hybridized carbons (Fsp3) is 0.188. The summed E-state index contributed by atoms with van der Waals surface area (Å²) in [6, 6.07) is 14.8. The van der Waals surface area contributed by atoms with Crippen molar-refractivity contribution in [3.05, 3.63) is 48.7 Å². The van der Waals surface area contributed by atoms with Gasteiger partial charge in [0.05, 0.1) is 12.3 Å². The first-order valence-electron chi connectivity index (χ1n) is 6.59. The summed E-state index contributed by atoms with van der Waals surface area (Å²) in [4.78, 5) is 0. The summed E-state index contributed by atoms with van der Waals surface area (Å²) in [6.45, 7) is 1.65. The lowest BCUT2D eigenvalue weighted by Crippen LogP contribution is -2.11. The number of fused-ring (bicyclic) bond motifs is 4. The number of hydrogen-bond donors (Lipinski definition) is 0. The van der Waals surface area contributed by atoms with Crippen molar-refractivity contribution in [2.75, 3.05) is 6.61 Å². The second kappa shape index (κ2) is 4.12. The van der Waals surface area contributed by atoms with Crippen molar-refractivity contribution in [1.29, 1.82) is 0 Å². The highest BCUT2D eigenvalue weighted by Gasteiger charge is 2.15. The molecule has 19 heavy (non-hydrogen) atoms. The highest BCUT2D eigenvalue weighted by atomic mass is 16.5. The minimum Gasteiger partial charge on any atom is -0.493 e. The summed E-state index contributed by atoms with van der Waals surface area (Å²) in [5.41, 5.74) is 2.27. The summed E-state index contributed by atoms with van der Waals surface area (Å²) in [5, 5.41) is 6.85. The molecule has 3 nitrogen and oxygen atoms in total. The van der Waals surface area contributed by atoms with E-state index in [0.717, 1.165) is 36.6 Å². The van der Waals surface area contributed by atoms with Gasteiger partial charge in [-0.25, -0.2) is 0 Å². The van der Waals surface area contributed by atoms with Crippen LogP contribution in [-0.2, 0) is 6.54 Å². The lowest BCUT2D eigenvalue weighted by Gasteiger charge is -2.17. The van der Waals surface area contributed by atoms with Gasteiger partial charge in [-0.05, 0) is 29.0 Å². The molecule has 0 unspecified atom stereocenters. The van der Waals surface area contributed by atoms with Crippen molar-refractivity contribution in [2.45, 2.75) is 13.0 Å². The summed E-state index contributed by atoms with van der Waals surface area (Å²) in [5.74, 6) is 0.958. The molecular formula is C16H14N2O. The molecule has 0 spiro atoms. The molecule has 0 saturated carbocycles. The number of aryl methyl sites for hydroxylation is 1. The molecule has 2 heterocycles. The van der Waals surface area contributed by atoms with Crippen molar-refractivity contribution in [3.63, 3.8) is 0 Å². The second-order valence-corrected chi connectivity index (χ2v) is 4.84. The Morgan fingerprint density at radius 2 is 1.89 bits per heavy atom. The third-order valence-electron chi connectivity index (χ3n) is 3.61. The van der Waals surface area contributed by atoms with Crippen molar-refractivity contribution in [1.82, 2.24) is 9.78 Å². The molecular weight excluding hydrogens is 236 g/mol. The highest BCUT2D eigenvalue weighted by Crippen LogP contribution is 2.35. The van der Waals surface area contributed by atoms with Crippen molar-refractivity contribution in [3.8, 4) is 17.0 Å². The van der Waals surface area contributed by atoms with E-state index in [1.807, 2.05) is 6.20 Å². The molecule has 3 heteroatoms. The van der Waals surface area contributed by atoms with Crippen LogP contribution in [-0.4, -0.2) is 16.4 Å². The van der Waals surface area contributed by atoms with Crippen LogP contribution in [0.25, 0.3) is 22.0 Å². The van der Waals surface area contributed by atoms with Crippen LogP contribution in [0.5, 0.6) is 5.75 Å². The molecule has 2 aromatic carbocycles. The third kappa shape index (κ3) is 1.70. The van der Waals surface area contributed by atoms with Crippen LogP contribution in [0.15, 0.2) is 48.7 Å². The fourth-order valence-corrected chi connectivity index (χ4v) is 2.68. The van der Waals surface area contributed by atoms with Gasteiger partial charge in [-0.15, -0.1) is 0 Å². The molecule has 3 aromatic rings. The van der Waals surface area contributed by atoms with Gasteiger partial charge in [-0.2, -0.15) is 5.10 Å². The van der Waals surface area contributed by atoms with E-state index in [2.05, 4.69) is 52.2 Å². The van der Waals surface area contributed by atoms with Crippen molar-refractivity contribution in [2.24, 2.45) is 0 Å². The molecule has 0 atom stereocenters. The van der Waals surface area contributed by atoms with Crippen LogP contribution in [0.4, 0.5) is 0 Å². The van der Waals surface area contributed by atoms with Gasteiger partial charge in [0.1, 0.15) is 5.75 Å². The summed E-state index contributed by atoms with van der Waals surface area (Å²) in [7, 11) is 0. The van der Waals surface area contributed by atoms with Crippen molar-refractivity contribution < 1.29 is 4.74 Å². The largest absolute Gasteiger partial charge is 0.493 e. The van der Waals surface area contributed by atoms with Crippen LogP contribution in [0.2, 0.25) is 0 Å². The fourth-order valence-electron chi connectivity index (χ4n) is 2.68. The SMILES string of the molecule is c1ccc2cc3c(cc2c1)OCCCn1nccc1-3. The maximum Gasteiger partial charge on any atom is 0.129 e. The quantitative estimate of drug-likeness (QED) is 0.610. The minimum absolute atomic E-state index is 0.741. The Balaban J connectivity index is 2.02.